The van der Waals surface area contributed by atoms with Gasteiger partial charge in [-0.25, -0.2) is 9.18 Å². The van der Waals surface area contributed by atoms with E-state index in [0.29, 0.717) is 17.7 Å². The summed E-state index contributed by atoms with van der Waals surface area (Å²) in [5.41, 5.74) is 0. The normalized spacial score (nSPS) is 28.3. The molecule has 1 saturated carbocycles. The second-order valence-electron chi connectivity index (χ2n) is 6.79. The summed E-state index contributed by atoms with van der Waals surface area (Å²) < 4.78 is 47.8. The number of rotatable bonds is 5. The lowest BCUT2D eigenvalue weighted by molar-refractivity contribution is -0.150. The molecule has 1 aliphatic carbocycles. The van der Waals surface area contributed by atoms with Crippen LogP contribution in [0.25, 0.3) is 0 Å². The van der Waals surface area contributed by atoms with Gasteiger partial charge in [0.2, 0.25) is 0 Å². The second-order valence-corrected chi connectivity index (χ2v) is 10.1. The van der Waals surface area contributed by atoms with Gasteiger partial charge in [0.25, 0.3) is 0 Å². The number of carbonyl (C=O) groups is 2. The maximum Gasteiger partial charge on any atom is 0.360 e. The molecule has 1 unspecified atom stereocenters. The zero-order valence-corrected chi connectivity index (χ0v) is 17.9. The highest BCUT2D eigenvalue weighted by molar-refractivity contribution is 8.11. The van der Waals surface area contributed by atoms with E-state index in [9.17, 15) is 22.8 Å². The standard InChI is InChI=1S/C19H20ClF3NO3S2/c1-2-27-17(25)13-9-12(28-16-5-4-11(21)8-15(16)20)10-14(13)18(26)29-7-3-6-19(22,23)24-29/h3-5,7-8,12-14,24H,2,6,9-10H2,1H3/q+1/t12-,13+,14+,29?/m0/s1. The quantitative estimate of drug-likeness (QED) is 0.387. The first kappa shape index (κ1) is 22.5. The highest BCUT2D eigenvalue weighted by Crippen LogP contribution is 2.45. The maximum absolute atomic E-state index is 13.7. The average Bonchev–Trinajstić information content (AvgIpc) is 3.07. The number of halogens is 4. The summed E-state index contributed by atoms with van der Waals surface area (Å²) in [6.07, 6.45) is 1.49. The Balaban J connectivity index is 1.78. The largest absolute Gasteiger partial charge is 0.466 e. The lowest BCUT2D eigenvalue weighted by Gasteiger charge is -2.20. The van der Waals surface area contributed by atoms with Crippen molar-refractivity contribution in [3.05, 3.63) is 40.5 Å². The molecule has 1 aromatic carbocycles. The van der Waals surface area contributed by atoms with Crippen LogP contribution in [0, 0.1) is 17.7 Å². The van der Waals surface area contributed by atoms with Crippen molar-refractivity contribution >= 4 is 45.5 Å². The summed E-state index contributed by atoms with van der Waals surface area (Å²) in [5.74, 6) is -2.41. The van der Waals surface area contributed by atoms with E-state index in [-0.39, 0.29) is 16.9 Å². The summed E-state index contributed by atoms with van der Waals surface area (Å²) >= 11 is 5.97. The minimum atomic E-state index is -3.15. The van der Waals surface area contributed by atoms with Crippen LogP contribution in [0.4, 0.5) is 13.2 Å². The summed E-state index contributed by atoms with van der Waals surface area (Å²) in [6, 6.07) is 0.880. The second kappa shape index (κ2) is 9.32. The third-order valence-corrected chi connectivity index (χ3v) is 8.15. The molecule has 0 spiro atoms. The van der Waals surface area contributed by atoms with Crippen molar-refractivity contribution < 1.29 is 27.5 Å². The van der Waals surface area contributed by atoms with Crippen LogP contribution in [0.2, 0.25) is 5.02 Å². The van der Waals surface area contributed by atoms with E-state index < -0.39 is 52.3 Å². The topological polar surface area (TPSA) is 55.4 Å². The number of ether oxygens (including phenoxy) is 1. The van der Waals surface area contributed by atoms with Crippen molar-refractivity contribution in [3.8, 4) is 0 Å². The van der Waals surface area contributed by atoms with E-state index in [1.165, 1.54) is 35.4 Å². The van der Waals surface area contributed by atoms with Gasteiger partial charge < -0.3 is 4.74 Å². The zero-order valence-electron chi connectivity index (χ0n) is 15.5. The molecule has 0 aromatic heterocycles. The molecular weight excluding hydrogens is 447 g/mol. The fourth-order valence-electron chi connectivity index (χ4n) is 3.42. The zero-order chi connectivity index (χ0) is 21.2. The SMILES string of the molecule is CCOC(=O)[C@@H]1C[C@H](Sc2ccc(F)cc2Cl)C[C@H]1C(=O)[S+]1C=CCC(F)(F)N1. The number of thioether (sulfide) groups is 1. The van der Waals surface area contributed by atoms with Gasteiger partial charge in [0.15, 0.2) is 11.1 Å². The molecule has 1 N–H and O–H groups in total. The van der Waals surface area contributed by atoms with Crippen molar-refractivity contribution in [2.45, 2.75) is 42.4 Å². The van der Waals surface area contributed by atoms with Crippen LogP contribution in [0.1, 0.15) is 26.2 Å². The Labute approximate surface area is 179 Å². The van der Waals surface area contributed by atoms with Gasteiger partial charge >= 0.3 is 17.1 Å². The number of esters is 1. The van der Waals surface area contributed by atoms with Gasteiger partial charge in [-0.2, -0.15) is 8.78 Å². The molecule has 0 amide bonds. The molecule has 1 aromatic rings. The minimum absolute atomic E-state index is 0.154. The average molecular weight is 467 g/mol. The van der Waals surface area contributed by atoms with E-state index in [4.69, 9.17) is 16.3 Å². The first-order valence-corrected chi connectivity index (χ1v) is 11.6. The summed E-state index contributed by atoms with van der Waals surface area (Å²) in [7, 11) is 0. The third-order valence-electron chi connectivity index (χ3n) is 4.68. The molecule has 158 valence electrons. The van der Waals surface area contributed by atoms with Crippen molar-refractivity contribution in [1.29, 1.82) is 0 Å². The summed E-state index contributed by atoms with van der Waals surface area (Å²) in [5, 5.41) is 1.11. The monoisotopic (exact) mass is 466 g/mol. The van der Waals surface area contributed by atoms with Crippen molar-refractivity contribution in [1.82, 2.24) is 4.72 Å². The van der Waals surface area contributed by atoms with Crippen LogP contribution >= 0.6 is 23.4 Å². The Hall–Kier alpha value is -1.16. The molecule has 29 heavy (non-hydrogen) atoms. The van der Waals surface area contributed by atoms with Crippen LogP contribution in [-0.4, -0.2) is 29.0 Å². The Morgan fingerprint density at radius 2 is 2.07 bits per heavy atom. The van der Waals surface area contributed by atoms with Crippen molar-refractivity contribution in [2.75, 3.05) is 6.61 Å². The number of hydrogen-bond donors (Lipinski definition) is 1. The molecule has 2 aliphatic rings. The predicted octanol–water partition coefficient (Wildman–Crippen LogP) is 4.69. The Morgan fingerprint density at radius 1 is 1.34 bits per heavy atom. The van der Waals surface area contributed by atoms with Gasteiger partial charge in [-0.05, 0) is 44.0 Å². The number of alkyl halides is 2. The van der Waals surface area contributed by atoms with Crippen LogP contribution in [-0.2, 0) is 25.4 Å². The molecule has 4 nitrogen and oxygen atoms in total. The van der Waals surface area contributed by atoms with Gasteiger partial charge in [0, 0.05) is 10.1 Å². The molecule has 1 fully saturated rings. The number of nitrogens with one attached hydrogen (secondary N) is 1. The fourth-order valence-corrected chi connectivity index (χ4v) is 6.59. The molecular formula is C19H20ClF3NO3S2+. The molecule has 4 atom stereocenters. The van der Waals surface area contributed by atoms with Gasteiger partial charge in [0.05, 0.1) is 29.9 Å². The van der Waals surface area contributed by atoms with Gasteiger partial charge in [-0.15, -0.1) is 11.8 Å². The fraction of sp³-hybridized carbons (Fsp3) is 0.474. The minimum Gasteiger partial charge on any atom is -0.466 e. The Bertz CT molecular complexity index is 824. The summed E-state index contributed by atoms with van der Waals surface area (Å²) in [6.45, 7) is 1.84. The van der Waals surface area contributed by atoms with E-state index in [0.717, 1.165) is 0 Å². The number of hydrogen-bond acceptors (Lipinski definition) is 5. The third kappa shape index (κ3) is 5.51. The van der Waals surface area contributed by atoms with Crippen LogP contribution in [0.3, 0.4) is 0 Å². The predicted molar refractivity (Wildman–Crippen MR) is 108 cm³/mol. The molecule has 0 saturated heterocycles. The van der Waals surface area contributed by atoms with Crippen LogP contribution < -0.4 is 4.72 Å². The first-order chi connectivity index (χ1) is 13.7. The molecule has 1 heterocycles. The molecule has 3 rings (SSSR count). The lowest BCUT2D eigenvalue weighted by Crippen LogP contribution is -2.47. The van der Waals surface area contributed by atoms with Crippen molar-refractivity contribution in [2.24, 2.45) is 11.8 Å². The number of carbonyl (C=O) groups excluding carboxylic acids is 2. The number of benzene rings is 1. The molecule has 0 radical (unpaired) electrons. The Kier molecular flexibility index (Phi) is 7.24. The smallest absolute Gasteiger partial charge is 0.360 e. The van der Waals surface area contributed by atoms with E-state index in [1.54, 1.807) is 13.0 Å². The maximum atomic E-state index is 13.7. The lowest BCUT2D eigenvalue weighted by atomic mass is 9.98. The highest BCUT2D eigenvalue weighted by Gasteiger charge is 2.53. The van der Waals surface area contributed by atoms with E-state index in [2.05, 4.69) is 4.72 Å². The van der Waals surface area contributed by atoms with Gasteiger partial charge in [-0.1, -0.05) is 16.3 Å². The molecule has 1 aliphatic heterocycles. The molecule has 0 bridgehead atoms. The summed E-state index contributed by atoms with van der Waals surface area (Å²) in [4.78, 5) is 26.1. The van der Waals surface area contributed by atoms with E-state index >= 15 is 0 Å². The first-order valence-electron chi connectivity index (χ1n) is 9.07. The Morgan fingerprint density at radius 3 is 2.72 bits per heavy atom. The van der Waals surface area contributed by atoms with E-state index in [1.807, 2.05) is 0 Å². The van der Waals surface area contributed by atoms with Crippen molar-refractivity contribution in [3.63, 3.8) is 0 Å². The molecule has 10 heteroatoms. The highest BCUT2D eigenvalue weighted by atomic mass is 35.5. The van der Waals surface area contributed by atoms with Gasteiger partial charge in [-0.3, -0.25) is 4.79 Å². The van der Waals surface area contributed by atoms with Crippen LogP contribution in [0.15, 0.2) is 34.6 Å². The van der Waals surface area contributed by atoms with Gasteiger partial charge in [0.1, 0.15) is 11.2 Å². The van der Waals surface area contributed by atoms with Crippen LogP contribution in [0.5, 0.6) is 0 Å².